The van der Waals surface area contributed by atoms with Gasteiger partial charge in [0, 0.05) is 19.5 Å². The van der Waals surface area contributed by atoms with Crippen molar-refractivity contribution in [2.24, 2.45) is 0 Å². The minimum atomic E-state index is -0.768. The molecule has 196 valence electrons. The first-order chi connectivity index (χ1) is 17.6. The van der Waals surface area contributed by atoms with E-state index in [2.05, 4.69) is 42.0 Å². The lowest BCUT2D eigenvalue weighted by Crippen LogP contribution is -2.51. The molecule has 3 aromatic rings. The molecule has 0 spiro atoms. The molecule has 7 heteroatoms. The Morgan fingerprint density at radius 1 is 1.00 bits per heavy atom. The molecule has 0 saturated heterocycles. The van der Waals surface area contributed by atoms with Crippen LogP contribution in [0.3, 0.4) is 0 Å². The third-order valence-corrected chi connectivity index (χ3v) is 6.66. The minimum Gasteiger partial charge on any atom is -0.483 e. The maximum absolute atomic E-state index is 13.6. The maximum Gasteiger partial charge on any atom is 0.261 e. The summed E-state index contributed by atoms with van der Waals surface area (Å²) < 4.78 is 20.2. The highest BCUT2D eigenvalue weighted by Gasteiger charge is 2.30. The number of likely N-dealkylation sites (N-methyl/N-ethyl adjacent to an activating group) is 1. The fraction of sp³-hybridized carbons (Fsp3) is 0.333. The second-order valence-corrected chi connectivity index (χ2v) is 10.8. The van der Waals surface area contributed by atoms with Crippen molar-refractivity contribution in [1.29, 1.82) is 0 Å². The van der Waals surface area contributed by atoms with Gasteiger partial charge in [0.25, 0.3) is 5.91 Å². The summed E-state index contributed by atoms with van der Waals surface area (Å²) >= 11 is 3.55. The summed E-state index contributed by atoms with van der Waals surface area (Å²) in [6, 6.07) is 20.5. The molecular formula is C30H34BrFN2O3. The van der Waals surface area contributed by atoms with Crippen LogP contribution in [0.2, 0.25) is 0 Å². The van der Waals surface area contributed by atoms with Crippen LogP contribution in [0.1, 0.15) is 44.4 Å². The normalized spacial score (nSPS) is 12.1. The first kappa shape index (κ1) is 28.4. The van der Waals surface area contributed by atoms with Gasteiger partial charge < -0.3 is 15.0 Å². The van der Waals surface area contributed by atoms with E-state index in [0.717, 1.165) is 15.6 Å². The first-order valence-electron chi connectivity index (χ1n) is 12.4. The van der Waals surface area contributed by atoms with Gasteiger partial charge in [0.05, 0.1) is 4.47 Å². The third kappa shape index (κ3) is 8.15. The van der Waals surface area contributed by atoms with Gasteiger partial charge in [0.15, 0.2) is 6.61 Å². The number of carbonyl (C=O) groups excluding carboxylic acids is 2. The van der Waals surface area contributed by atoms with Crippen molar-refractivity contribution in [3.8, 4) is 5.75 Å². The standard InChI is InChI=1S/C30H34BrFN2O3/c1-5-33-29(36)26(17-21-9-7-6-8-10-21)34(19-22-11-14-24(32)15-12-22)28(35)20-37-27-16-13-23(18-25(27)31)30(2,3)4/h6-16,18,26H,5,17,19-20H2,1-4H3,(H,33,36)/t26-/m0/s1. The average molecular weight is 570 g/mol. The van der Waals surface area contributed by atoms with Gasteiger partial charge in [-0.25, -0.2) is 4.39 Å². The zero-order valence-electron chi connectivity index (χ0n) is 21.8. The molecule has 1 N–H and O–H groups in total. The highest BCUT2D eigenvalue weighted by Crippen LogP contribution is 2.31. The van der Waals surface area contributed by atoms with E-state index in [-0.39, 0.29) is 36.2 Å². The zero-order chi connectivity index (χ0) is 27.0. The fourth-order valence-electron chi connectivity index (χ4n) is 3.94. The van der Waals surface area contributed by atoms with Crippen LogP contribution in [0.4, 0.5) is 4.39 Å². The molecule has 37 heavy (non-hydrogen) atoms. The Morgan fingerprint density at radius 2 is 1.68 bits per heavy atom. The van der Waals surface area contributed by atoms with E-state index in [4.69, 9.17) is 4.74 Å². The zero-order valence-corrected chi connectivity index (χ0v) is 23.3. The van der Waals surface area contributed by atoms with Gasteiger partial charge in [0.1, 0.15) is 17.6 Å². The number of rotatable bonds is 10. The number of nitrogens with zero attached hydrogens (tertiary/aromatic N) is 1. The Morgan fingerprint density at radius 3 is 2.27 bits per heavy atom. The lowest BCUT2D eigenvalue weighted by atomic mass is 9.87. The van der Waals surface area contributed by atoms with E-state index in [1.807, 2.05) is 55.5 Å². The van der Waals surface area contributed by atoms with Crippen molar-refractivity contribution in [3.63, 3.8) is 0 Å². The molecule has 1 atom stereocenters. The molecule has 0 radical (unpaired) electrons. The number of amides is 2. The Balaban J connectivity index is 1.88. The first-order valence-corrected chi connectivity index (χ1v) is 13.2. The van der Waals surface area contributed by atoms with E-state index in [1.54, 1.807) is 12.1 Å². The number of hydrogen-bond acceptors (Lipinski definition) is 3. The minimum absolute atomic E-state index is 0.0277. The van der Waals surface area contributed by atoms with Gasteiger partial charge >= 0.3 is 0 Å². The molecule has 0 aliphatic rings. The van der Waals surface area contributed by atoms with Gasteiger partial charge in [-0.05, 0) is 69.2 Å². The number of halogens is 2. The van der Waals surface area contributed by atoms with Crippen LogP contribution in [-0.2, 0) is 28.0 Å². The Bertz CT molecular complexity index is 1190. The molecule has 0 saturated carbocycles. The van der Waals surface area contributed by atoms with Crippen molar-refractivity contribution in [1.82, 2.24) is 10.2 Å². The molecule has 3 aromatic carbocycles. The summed E-state index contributed by atoms with van der Waals surface area (Å²) in [7, 11) is 0. The predicted molar refractivity (Wildman–Crippen MR) is 148 cm³/mol. The third-order valence-electron chi connectivity index (χ3n) is 6.04. The Kier molecular flexibility index (Phi) is 9.86. The van der Waals surface area contributed by atoms with Crippen LogP contribution in [-0.4, -0.2) is 35.9 Å². The van der Waals surface area contributed by atoms with Crippen molar-refractivity contribution in [2.75, 3.05) is 13.2 Å². The molecule has 3 rings (SSSR count). The fourth-order valence-corrected chi connectivity index (χ4v) is 4.43. The maximum atomic E-state index is 13.6. The summed E-state index contributed by atoms with van der Waals surface area (Å²) in [6.45, 7) is 8.54. The van der Waals surface area contributed by atoms with Gasteiger partial charge in [-0.2, -0.15) is 0 Å². The summed E-state index contributed by atoms with van der Waals surface area (Å²) in [4.78, 5) is 28.3. The summed E-state index contributed by atoms with van der Waals surface area (Å²) in [6.07, 6.45) is 0.337. The van der Waals surface area contributed by atoms with Crippen molar-refractivity contribution in [2.45, 2.75) is 52.1 Å². The second kappa shape index (κ2) is 12.9. The number of nitrogens with one attached hydrogen (secondary N) is 1. The van der Waals surface area contributed by atoms with Gasteiger partial charge in [-0.15, -0.1) is 0 Å². The van der Waals surface area contributed by atoms with E-state index < -0.39 is 6.04 Å². The largest absolute Gasteiger partial charge is 0.483 e. The quantitative estimate of drug-likeness (QED) is 0.324. The van der Waals surface area contributed by atoms with Crippen LogP contribution in [0.25, 0.3) is 0 Å². The average Bonchev–Trinajstić information content (AvgIpc) is 2.86. The SMILES string of the molecule is CCNC(=O)[C@H](Cc1ccccc1)N(Cc1ccc(F)cc1)C(=O)COc1ccc(C(C)(C)C)cc1Br. The van der Waals surface area contributed by atoms with Gasteiger partial charge in [-0.3, -0.25) is 9.59 Å². The predicted octanol–water partition coefficient (Wildman–Crippen LogP) is 6.04. The highest BCUT2D eigenvalue weighted by atomic mass is 79.9. The van der Waals surface area contributed by atoms with E-state index in [9.17, 15) is 14.0 Å². The summed E-state index contributed by atoms with van der Waals surface area (Å²) in [5.74, 6) is -0.417. The van der Waals surface area contributed by atoms with Gasteiger partial charge in [0.2, 0.25) is 5.91 Å². The monoisotopic (exact) mass is 568 g/mol. The summed E-state index contributed by atoms with van der Waals surface area (Å²) in [5, 5.41) is 2.86. The van der Waals surface area contributed by atoms with Crippen molar-refractivity contribution in [3.05, 3.63) is 99.8 Å². The van der Waals surface area contributed by atoms with Gasteiger partial charge in [-0.1, -0.05) is 69.3 Å². The Hall–Kier alpha value is -3.19. The molecule has 0 aromatic heterocycles. The molecule has 0 aliphatic carbocycles. The molecule has 0 heterocycles. The molecule has 0 aliphatic heterocycles. The number of carbonyl (C=O) groups is 2. The summed E-state index contributed by atoms with van der Waals surface area (Å²) in [5.41, 5.74) is 2.75. The lowest BCUT2D eigenvalue weighted by Gasteiger charge is -2.31. The number of hydrogen-bond donors (Lipinski definition) is 1. The smallest absolute Gasteiger partial charge is 0.261 e. The van der Waals surface area contributed by atoms with Crippen LogP contribution < -0.4 is 10.1 Å². The van der Waals surface area contributed by atoms with E-state index in [1.165, 1.54) is 17.0 Å². The van der Waals surface area contributed by atoms with E-state index in [0.29, 0.717) is 24.3 Å². The van der Waals surface area contributed by atoms with Crippen LogP contribution in [0, 0.1) is 5.82 Å². The molecule has 2 amide bonds. The van der Waals surface area contributed by atoms with Crippen LogP contribution in [0.15, 0.2) is 77.3 Å². The number of ether oxygens (including phenoxy) is 1. The molecule has 0 bridgehead atoms. The molecule has 0 fully saturated rings. The molecule has 0 unspecified atom stereocenters. The Labute approximate surface area is 227 Å². The van der Waals surface area contributed by atoms with E-state index >= 15 is 0 Å². The van der Waals surface area contributed by atoms with Crippen LogP contribution >= 0.6 is 15.9 Å². The second-order valence-electron chi connectivity index (χ2n) is 9.93. The van der Waals surface area contributed by atoms with Crippen molar-refractivity contribution < 1.29 is 18.7 Å². The molecular weight excluding hydrogens is 535 g/mol. The molecule has 5 nitrogen and oxygen atoms in total. The highest BCUT2D eigenvalue weighted by molar-refractivity contribution is 9.10. The topological polar surface area (TPSA) is 58.6 Å². The lowest BCUT2D eigenvalue weighted by molar-refractivity contribution is -0.142. The van der Waals surface area contributed by atoms with Crippen molar-refractivity contribution >= 4 is 27.7 Å². The number of benzene rings is 3. The van der Waals surface area contributed by atoms with Crippen LogP contribution in [0.5, 0.6) is 5.75 Å².